The van der Waals surface area contributed by atoms with Gasteiger partial charge in [-0.05, 0) is 25.7 Å². The van der Waals surface area contributed by atoms with E-state index in [1.54, 1.807) is 0 Å². The maximum atomic E-state index is 5.96. The molecule has 2 heteroatoms. The van der Waals surface area contributed by atoms with Gasteiger partial charge in [-0.25, -0.2) is 0 Å². The first kappa shape index (κ1) is 10.0. The van der Waals surface area contributed by atoms with Gasteiger partial charge in [0.05, 0.1) is 0 Å². The predicted octanol–water partition coefficient (Wildman–Crippen LogP) is 1.31. The molecule has 0 aromatic heterocycles. The summed E-state index contributed by atoms with van der Waals surface area (Å²) in [6.45, 7) is 12.3. The number of nitrogens with two attached hydrogens (primary N) is 1. The Hall–Kier alpha value is -0.0800. The van der Waals surface area contributed by atoms with Crippen LogP contribution in [0.3, 0.4) is 0 Å². The number of likely N-dealkylation sites (tertiary alicyclic amines) is 1. The molecule has 2 atom stereocenters. The molecule has 0 saturated carbocycles. The van der Waals surface area contributed by atoms with Crippen molar-refractivity contribution in [1.82, 2.24) is 4.90 Å². The fourth-order valence-electron chi connectivity index (χ4n) is 1.95. The Morgan fingerprint density at radius 1 is 1.25 bits per heavy atom. The molecule has 12 heavy (non-hydrogen) atoms. The van der Waals surface area contributed by atoms with Crippen molar-refractivity contribution in [3.8, 4) is 0 Å². The molecular formula is C10H22N2. The lowest BCUT2D eigenvalue weighted by Crippen LogP contribution is -2.44. The van der Waals surface area contributed by atoms with Gasteiger partial charge in [-0.3, -0.25) is 0 Å². The summed E-state index contributed by atoms with van der Waals surface area (Å²) in [7, 11) is 0. The summed E-state index contributed by atoms with van der Waals surface area (Å²) in [5, 5.41) is 0. The summed E-state index contributed by atoms with van der Waals surface area (Å²) in [6, 6.07) is 0. The minimum atomic E-state index is -0.0379. The maximum Gasteiger partial charge on any atom is 0.0226 e. The van der Waals surface area contributed by atoms with Crippen LogP contribution in [0.5, 0.6) is 0 Å². The molecule has 1 heterocycles. The Balaban J connectivity index is 2.38. The van der Waals surface area contributed by atoms with Gasteiger partial charge in [0.15, 0.2) is 0 Å². The van der Waals surface area contributed by atoms with Crippen molar-refractivity contribution in [3.05, 3.63) is 0 Å². The van der Waals surface area contributed by atoms with Crippen molar-refractivity contribution in [3.63, 3.8) is 0 Å². The highest BCUT2D eigenvalue weighted by Crippen LogP contribution is 2.22. The van der Waals surface area contributed by atoms with Crippen molar-refractivity contribution in [2.75, 3.05) is 19.6 Å². The molecular weight excluding hydrogens is 148 g/mol. The van der Waals surface area contributed by atoms with Crippen LogP contribution in [-0.4, -0.2) is 30.1 Å². The molecule has 1 aliphatic heterocycles. The van der Waals surface area contributed by atoms with E-state index in [9.17, 15) is 0 Å². The Bertz CT molecular complexity index is 138. The summed E-state index contributed by atoms with van der Waals surface area (Å²) in [5.74, 6) is 1.68. The van der Waals surface area contributed by atoms with Gasteiger partial charge in [-0.1, -0.05) is 13.8 Å². The van der Waals surface area contributed by atoms with Gasteiger partial charge in [0.1, 0.15) is 0 Å². The number of rotatable bonds is 2. The lowest BCUT2D eigenvalue weighted by molar-refractivity contribution is 0.261. The molecule has 2 N–H and O–H groups in total. The second kappa shape index (κ2) is 3.35. The zero-order valence-corrected chi connectivity index (χ0v) is 8.80. The van der Waals surface area contributed by atoms with Gasteiger partial charge in [0, 0.05) is 25.2 Å². The van der Waals surface area contributed by atoms with Crippen molar-refractivity contribution in [2.45, 2.75) is 33.2 Å². The second-order valence-corrected chi connectivity index (χ2v) is 5.14. The van der Waals surface area contributed by atoms with Crippen LogP contribution in [0.1, 0.15) is 27.7 Å². The van der Waals surface area contributed by atoms with E-state index < -0.39 is 0 Å². The third kappa shape index (κ3) is 2.76. The van der Waals surface area contributed by atoms with Crippen molar-refractivity contribution >= 4 is 0 Å². The van der Waals surface area contributed by atoms with Crippen molar-refractivity contribution < 1.29 is 0 Å². The van der Waals surface area contributed by atoms with Gasteiger partial charge in [0.2, 0.25) is 0 Å². The van der Waals surface area contributed by atoms with Crippen LogP contribution in [0.25, 0.3) is 0 Å². The van der Waals surface area contributed by atoms with Crippen LogP contribution >= 0.6 is 0 Å². The molecule has 0 aliphatic carbocycles. The topological polar surface area (TPSA) is 29.3 Å². The van der Waals surface area contributed by atoms with E-state index in [-0.39, 0.29) is 5.54 Å². The summed E-state index contributed by atoms with van der Waals surface area (Å²) < 4.78 is 0. The molecule has 0 radical (unpaired) electrons. The first-order valence-electron chi connectivity index (χ1n) is 4.90. The molecule has 0 spiro atoms. The molecule has 1 saturated heterocycles. The highest BCUT2D eigenvalue weighted by atomic mass is 15.2. The molecule has 1 rings (SSSR count). The van der Waals surface area contributed by atoms with E-state index in [2.05, 4.69) is 32.6 Å². The smallest absolute Gasteiger partial charge is 0.0226 e. The molecule has 1 fully saturated rings. The van der Waals surface area contributed by atoms with Crippen LogP contribution in [-0.2, 0) is 0 Å². The zero-order chi connectivity index (χ0) is 9.35. The van der Waals surface area contributed by atoms with E-state index in [1.807, 2.05) is 0 Å². The van der Waals surface area contributed by atoms with Gasteiger partial charge in [0.25, 0.3) is 0 Å². The third-order valence-corrected chi connectivity index (χ3v) is 2.69. The molecule has 0 aromatic carbocycles. The molecule has 0 amide bonds. The monoisotopic (exact) mass is 170 g/mol. The lowest BCUT2D eigenvalue weighted by atomic mass is 10.0. The van der Waals surface area contributed by atoms with E-state index in [1.165, 1.54) is 13.1 Å². The van der Waals surface area contributed by atoms with E-state index in [0.29, 0.717) is 0 Å². The third-order valence-electron chi connectivity index (χ3n) is 2.69. The first-order valence-corrected chi connectivity index (χ1v) is 4.90. The SMILES string of the molecule is CC1CN(CC(C)(C)N)CC1C. The summed E-state index contributed by atoms with van der Waals surface area (Å²) >= 11 is 0. The van der Waals surface area contributed by atoms with Gasteiger partial charge in [-0.15, -0.1) is 0 Å². The Labute approximate surface area is 76.1 Å². The Kier molecular flexibility index (Phi) is 2.79. The standard InChI is InChI=1S/C10H22N2/c1-8-5-12(6-9(8)2)7-10(3,4)11/h8-9H,5-7,11H2,1-4H3. The summed E-state index contributed by atoms with van der Waals surface area (Å²) in [4.78, 5) is 2.48. The average molecular weight is 170 g/mol. The van der Waals surface area contributed by atoms with Crippen LogP contribution in [0.4, 0.5) is 0 Å². The fraction of sp³-hybridized carbons (Fsp3) is 1.00. The number of hydrogen-bond donors (Lipinski definition) is 1. The summed E-state index contributed by atoms with van der Waals surface area (Å²) in [6.07, 6.45) is 0. The van der Waals surface area contributed by atoms with Crippen molar-refractivity contribution in [1.29, 1.82) is 0 Å². The zero-order valence-electron chi connectivity index (χ0n) is 8.80. The van der Waals surface area contributed by atoms with Gasteiger partial charge < -0.3 is 10.6 Å². The largest absolute Gasteiger partial charge is 0.324 e. The number of nitrogens with zero attached hydrogens (tertiary/aromatic N) is 1. The minimum Gasteiger partial charge on any atom is -0.324 e. The van der Waals surface area contributed by atoms with Crippen LogP contribution in [0, 0.1) is 11.8 Å². The second-order valence-electron chi connectivity index (χ2n) is 5.14. The fourth-order valence-corrected chi connectivity index (χ4v) is 1.95. The number of hydrogen-bond acceptors (Lipinski definition) is 2. The van der Waals surface area contributed by atoms with E-state index in [4.69, 9.17) is 5.73 Å². The average Bonchev–Trinajstić information content (AvgIpc) is 2.07. The summed E-state index contributed by atoms with van der Waals surface area (Å²) in [5.41, 5.74) is 5.93. The lowest BCUT2D eigenvalue weighted by Gasteiger charge is -2.26. The Morgan fingerprint density at radius 2 is 1.67 bits per heavy atom. The van der Waals surface area contributed by atoms with Crippen LogP contribution < -0.4 is 5.73 Å². The quantitative estimate of drug-likeness (QED) is 0.677. The van der Waals surface area contributed by atoms with Crippen LogP contribution in [0.15, 0.2) is 0 Å². The molecule has 2 unspecified atom stereocenters. The molecule has 72 valence electrons. The van der Waals surface area contributed by atoms with E-state index >= 15 is 0 Å². The van der Waals surface area contributed by atoms with E-state index in [0.717, 1.165) is 18.4 Å². The van der Waals surface area contributed by atoms with Gasteiger partial charge in [-0.2, -0.15) is 0 Å². The molecule has 0 aromatic rings. The molecule has 2 nitrogen and oxygen atoms in total. The molecule has 0 bridgehead atoms. The van der Waals surface area contributed by atoms with Crippen molar-refractivity contribution in [2.24, 2.45) is 17.6 Å². The molecule has 1 aliphatic rings. The predicted molar refractivity (Wildman–Crippen MR) is 53.0 cm³/mol. The van der Waals surface area contributed by atoms with Crippen LogP contribution in [0.2, 0.25) is 0 Å². The minimum absolute atomic E-state index is 0.0379. The highest BCUT2D eigenvalue weighted by Gasteiger charge is 2.28. The maximum absolute atomic E-state index is 5.96. The van der Waals surface area contributed by atoms with Gasteiger partial charge >= 0.3 is 0 Å². The Morgan fingerprint density at radius 3 is 2.00 bits per heavy atom. The first-order chi connectivity index (χ1) is 5.38. The highest BCUT2D eigenvalue weighted by molar-refractivity contribution is 4.84. The normalized spacial score (nSPS) is 32.8.